The van der Waals surface area contributed by atoms with Crippen LogP contribution >= 0.6 is 35.3 Å². The van der Waals surface area contributed by atoms with Crippen molar-refractivity contribution in [1.82, 2.24) is 5.01 Å². The minimum atomic E-state index is -3.89. The van der Waals surface area contributed by atoms with Gasteiger partial charge < -0.3 is 8.85 Å². The number of benzene rings is 6. The van der Waals surface area contributed by atoms with Gasteiger partial charge in [0.25, 0.3) is 36.7 Å². The molecule has 0 atom stereocenters. The van der Waals surface area contributed by atoms with Crippen LogP contribution in [0, 0.1) is 10.8 Å². The summed E-state index contributed by atoms with van der Waals surface area (Å²) in [4.78, 5) is 0.347. The molecule has 2 saturated carbocycles. The van der Waals surface area contributed by atoms with E-state index in [1.807, 2.05) is 73.5 Å². The van der Waals surface area contributed by atoms with E-state index in [1.54, 1.807) is 29.3 Å². The van der Waals surface area contributed by atoms with Gasteiger partial charge in [-0.2, -0.15) is 32.2 Å². The maximum Gasteiger partial charge on any atom is 0.284 e. The number of rotatable bonds is 14. The third kappa shape index (κ3) is 16.0. The van der Waals surface area contributed by atoms with Crippen molar-refractivity contribution in [2.75, 3.05) is 38.4 Å². The quantitative estimate of drug-likeness (QED) is 0.0585. The number of hydrogen-bond acceptors (Lipinski definition) is 12. The van der Waals surface area contributed by atoms with Gasteiger partial charge in [-0.3, -0.25) is 0 Å². The molecule has 4 aliphatic rings. The molecule has 10 rings (SSSR count). The van der Waals surface area contributed by atoms with E-state index in [0.29, 0.717) is 34.7 Å². The normalized spacial score (nSPS) is 16.6. The highest BCUT2D eigenvalue weighted by molar-refractivity contribution is 8.38. The highest BCUT2D eigenvalue weighted by Gasteiger charge is 2.51. The zero-order chi connectivity index (χ0) is 60.1. The molecule has 19 heteroatoms. The molecule has 0 saturated heterocycles. The summed E-state index contributed by atoms with van der Waals surface area (Å²) in [7, 11) is -13.0. The average Bonchev–Trinajstić information content (AvgIpc) is 3.61. The number of thioether (sulfide) groups is 3. The number of sulfonamides is 2. The largest absolute Gasteiger partial charge is 0.403 e. The second kappa shape index (κ2) is 29.4. The number of hydrogen-bond donors (Lipinski definition) is 0. The topological polar surface area (TPSA) is 152 Å². The molecule has 0 radical (unpaired) electrons. The van der Waals surface area contributed by atoms with Gasteiger partial charge in [-0.25, -0.2) is 5.01 Å². The molecule has 0 unspecified atom stereocenters. The van der Waals surface area contributed by atoms with Gasteiger partial charge in [-0.15, -0.1) is 32.3 Å². The lowest BCUT2D eigenvalue weighted by Crippen LogP contribution is -2.66. The maximum absolute atomic E-state index is 13.3. The molecule has 6 aromatic rings. The SMILES string of the molecule is C.C1CCC2(C1)CN=NC2.CSC(=NS(=O)(=O)c1ccc(CO[Si](c2ccccc2)(c2ccccc2)C(C)(C)C)cc1)N1CC2(C=N1)CCCC2.CSC(=NS(=O)(=O)c1ccc(CO[Si](c2ccccc2)(c2ccccc2)C(C)(C)C)cc1)SC. The van der Waals surface area contributed by atoms with Gasteiger partial charge in [0, 0.05) is 17.0 Å². The number of amidine groups is 1. The molecule has 2 aliphatic heterocycles. The fraction of sp³-hybridized carbons (Fsp3) is 0.409. The zero-order valence-corrected chi connectivity index (χ0v) is 56.2. The number of azo groups is 1. The van der Waals surface area contributed by atoms with E-state index in [-0.39, 0.29) is 32.7 Å². The Morgan fingerprint density at radius 3 is 1.21 bits per heavy atom. The molecule has 85 heavy (non-hydrogen) atoms. The van der Waals surface area contributed by atoms with E-state index in [1.165, 1.54) is 94.6 Å². The Bertz CT molecular complexity index is 3350. The van der Waals surface area contributed by atoms with Crippen LogP contribution in [0.25, 0.3) is 0 Å². The van der Waals surface area contributed by atoms with Crippen LogP contribution in [0.1, 0.15) is 111 Å². The summed E-state index contributed by atoms with van der Waals surface area (Å²) in [5.41, 5.74) is 2.46. The molecule has 0 bridgehead atoms. The third-order valence-electron chi connectivity index (χ3n) is 16.4. The Labute approximate surface area is 523 Å². The summed E-state index contributed by atoms with van der Waals surface area (Å²) in [6.07, 6.45) is 17.6. The van der Waals surface area contributed by atoms with Crippen molar-refractivity contribution in [3.8, 4) is 0 Å². The Kier molecular flexibility index (Phi) is 23.3. The van der Waals surface area contributed by atoms with Gasteiger partial charge in [-0.1, -0.05) is 232 Å². The lowest BCUT2D eigenvalue weighted by atomic mass is 9.88. The number of nitrogens with zero attached hydrogens (tertiary/aromatic N) is 6. The molecule has 0 aromatic heterocycles. The standard InChI is InChI=1S/C32H39N3O3S2Si.C26H31NO3S3Si.C7H12N2.CH4/c1-31(2,3)41(28-13-7-5-8-14-28,29-15-9-6-10-16-29)38-23-26-17-19-27(20-18-26)40(36,37)34-30(39-4)35-25-32(24-33-35)21-11-12-22-32;1-26(2,3)34(23-12-8-6-9-13-23,24-14-10-7-11-15-24)30-20-21-16-18-22(19-17-21)33(28,29)27-25(31-4)32-5;1-2-4-7(3-1)5-8-9-6-7;/h5-10,13-20,24H,11-12,21-23,25H2,1-4H3;6-19H,20H2,1-5H3;1-6H2;1H4. The van der Waals surface area contributed by atoms with Crippen LogP contribution in [-0.4, -0.2) is 92.6 Å². The van der Waals surface area contributed by atoms with Crippen LogP contribution in [0.4, 0.5) is 0 Å². The lowest BCUT2D eigenvalue weighted by Gasteiger charge is -2.43. The van der Waals surface area contributed by atoms with E-state index in [2.05, 4.69) is 163 Å². The van der Waals surface area contributed by atoms with Gasteiger partial charge in [0.15, 0.2) is 5.17 Å². The van der Waals surface area contributed by atoms with Gasteiger partial charge in [0.1, 0.15) is 4.38 Å². The summed E-state index contributed by atoms with van der Waals surface area (Å²) >= 11 is 3.95. The van der Waals surface area contributed by atoms with Crippen LogP contribution < -0.4 is 20.7 Å². The second-order valence-electron chi connectivity index (χ2n) is 24.2. The Hall–Kier alpha value is -4.97. The van der Waals surface area contributed by atoms with Crippen molar-refractivity contribution < 1.29 is 25.7 Å². The van der Waals surface area contributed by atoms with Gasteiger partial charge in [0.2, 0.25) is 0 Å². The van der Waals surface area contributed by atoms with E-state index < -0.39 is 36.7 Å². The molecule has 454 valence electrons. The Morgan fingerprint density at radius 1 is 0.518 bits per heavy atom. The summed E-state index contributed by atoms with van der Waals surface area (Å²) < 4.78 is 74.5. The van der Waals surface area contributed by atoms with E-state index in [4.69, 9.17) is 8.85 Å². The fourth-order valence-electron chi connectivity index (χ4n) is 12.0. The van der Waals surface area contributed by atoms with Crippen LogP contribution in [0.5, 0.6) is 0 Å². The first kappa shape index (κ1) is 67.5. The smallest absolute Gasteiger partial charge is 0.284 e. The molecule has 12 nitrogen and oxygen atoms in total. The van der Waals surface area contributed by atoms with Crippen molar-refractivity contribution in [3.05, 3.63) is 181 Å². The summed E-state index contributed by atoms with van der Waals surface area (Å²) in [6.45, 7) is 16.9. The van der Waals surface area contributed by atoms with Crippen LogP contribution in [0.3, 0.4) is 0 Å². The summed E-state index contributed by atoms with van der Waals surface area (Å²) in [6, 6.07) is 55.7. The minimum Gasteiger partial charge on any atom is -0.403 e. The first-order valence-corrected chi connectivity index (χ1v) is 39.2. The zero-order valence-electron chi connectivity index (χ0n) is 50.1. The monoisotopic (exact) mass is 1270 g/mol. The minimum absolute atomic E-state index is 0. The molecule has 2 aliphatic carbocycles. The Balaban J connectivity index is 0.000000212. The predicted molar refractivity (Wildman–Crippen MR) is 366 cm³/mol. The maximum atomic E-state index is 13.3. The van der Waals surface area contributed by atoms with Crippen molar-refractivity contribution in [3.63, 3.8) is 0 Å². The molecular weight excluding hydrogens is 1190 g/mol. The fourth-order valence-corrected chi connectivity index (χ4v) is 25.5. The first-order valence-electron chi connectivity index (χ1n) is 28.8. The van der Waals surface area contributed by atoms with Crippen molar-refractivity contribution in [1.29, 1.82) is 0 Å². The molecule has 6 aromatic carbocycles. The van der Waals surface area contributed by atoms with Crippen LogP contribution in [0.2, 0.25) is 10.1 Å². The van der Waals surface area contributed by atoms with Crippen LogP contribution in [-0.2, 0) is 42.1 Å². The summed E-state index contributed by atoms with van der Waals surface area (Å²) in [5, 5.41) is 19.3. The highest BCUT2D eigenvalue weighted by Crippen LogP contribution is 2.43. The lowest BCUT2D eigenvalue weighted by molar-refractivity contribution is 0.286. The summed E-state index contributed by atoms with van der Waals surface area (Å²) in [5.74, 6) is 0. The average molecular weight is 1280 g/mol. The third-order valence-corrected chi connectivity index (χ3v) is 31.9. The predicted octanol–water partition coefficient (Wildman–Crippen LogP) is 14.2. The molecule has 2 spiro atoms. The van der Waals surface area contributed by atoms with E-state index >= 15 is 0 Å². The number of hydrazone groups is 1. The van der Waals surface area contributed by atoms with Gasteiger partial charge in [-0.05, 0) is 111 Å². The van der Waals surface area contributed by atoms with Crippen molar-refractivity contribution in [2.24, 2.45) is 35.0 Å². The first-order chi connectivity index (χ1) is 40.1. The van der Waals surface area contributed by atoms with Gasteiger partial charge in [0.05, 0.1) is 42.6 Å². The van der Waals surface area contributed by atoms with Crippen molar-refractivity contribution >= 4 is 108 Å². The van der Waals surface area contributed by atoms with Crippen LogP contribution in [0.15, 0.2) is 204 Å². The van der Waals surface area contributed by atoms with Gasteiger partial charge >= 0.3 is 0 Å². The second-order valence-corrected chi connectivity index (χ2v) is 38.6. The van der Waals surface area contributed by atoms with Crippen molar-refractivity contribution in [2.45, 2.75) is 133 Å². The molecular formula is C66H86N6O6S5Si2. The molecule has 0 N–H and O–H groups in total. The molecule has 0 amide bonds. The molecule has 2 heterocycles. The van der Waals surface area contributed by atoms with E-state index in [0.717, 1.165) is 37.1 Å². The van der Waals surface area contributed by atoms with E-state index in [9.17, 15) is 16.8 Å². The molecule has 2 fully saturated rings. The highest BCUT2D eigenvalue weighted by atomic mass is 32.2. The Morgan fingerprint density at radius 2 is 0.871 bits per heavy atom.